The molecule has 0 N–H and O–H groups in total. The standard InChI is InChI=1S/C12H12BrNO/c1-7-12(8(2)15)10-6-9(13)4-5-11(10)14(7)3/h4-6H,1-3H3. The highest BCUT2D eigenvalue weighted by atomic mass is 79.9. The Kier molecular flexibility index (Phi) is 2.43. The molecular formula is C12H12BrNO. The van der Waals surface area contributed by atoms with E-state index in [1.807, 2.05) is 32.2 Å². The number of fused-ring (bicyclic) bond motifs is 1. The Labute approximate surface area is 97.0 Å². The van der Waals surface area contributed by atoms with E-state index in [0.29, 0.717) is 0 Å². The van der Waals surface area contributed by atoms with Crippen LogP contribution in [-0.2, 0) is 7.05 Å². The van der Waals surface area contributed by atoms with Gasteiger partial charge in [-0.15, -0.1) is 0 Å². The number of hydrogen-bond donors (Lipinski definition) is 0. The van der Waals surface area contributed by atoms with E-state index in [1.165, 1.54) is 0 Å². The van der Waals surface area contributed by atoms with Crippen molar-refractivity contribution in [2.24, 2.45) is 7.05 Å². The van der Waals surface area contributed by atoms with Gasteiger partial charge in [0.25, 0.3) is 0 Å². The Morgan fingerprint density at radius 2 is 2.07 bits per heavy atom. The quantitative estimate of drug-likeness (QED) is 0.724. The van der Waals surface area contributed by atoms with Crippen molar-refractivity contribution in [3.05, 3.63) is 33.9 Å². The number of carbonyl (C=O) groups excluding carboxylic acids is 1. The smallest absolute Gasteiger partial charge is 0.162 e. The number of carbonyl (C=O) groups is 1. The van der Waals surface area contributed by atoms with Gasteiger partial charge >= 0.3 is 0 Å². The fourth-order valence-corrected chi connectivity index (χ4v) is 2.35. The highest BCUT2D eigenvalue weighted by Gasteiger charge is 2.15. The first-order valence-corrected chi connectivity index (χ1v) is 5.57. The number of Topliss-reactive ketones (excluding diaryl/α,β-unsaturated/α-hetero) is 1. The molecule has 2 nitrogen and oxygen atoms in total. The van der Waals surface area contributed by atoms with Crippen molar-refractivity contribution in [1.82, 2.24) is 4.57 Å². The van der Waals surface area contributed by atoms with Gasteiger partial charge in [0, 0.05) is 33.7 Å². The van der Waals surface area contributed by atoms with E-state index in [-0.39, 0.29) is 5.78 Å². The minimum atomic E-state index is 0.121. The van der Waals surface area contributed by atoms with E-state index in [4.69, 9.17) is 0 Å². The molecule has 0 fully saturated rings. The molecule has 1 aromatic carbocycles. The SMILES string of the molecule is CC(=O)c1c(C)n(C)c2ccc(Br)cc12. The Balaban J connectivity index is 2.95. The highest BCUT2D eigenvalue weighted by molar-refractivity contribution is 9.10. The molecular weight excluding hydrogens is 254 g/mol. The number of nitrogens with zero attached hydrogens (tertiary/aromatic N) is 1. The predicted octanol–water partition coefficient (Wildman–Crippen LogP) is 3.45. The number of halogens is 1. The monoisotopic (exact) mass is 265 g/mol. The zero-order valence-corrected chi connectivity index (χ0v) is 10.6. The van der Waals surface area contributed by atoms with Gasteiger partial charge in [0.05, 0.1) is 0 Å². The van der Waals surface area contributed by atoms with E-state index in [1.54, 1.807) is 6.92 Å². The first kappa shape index (κ1) is 10.4. The van der Waals surface area contributed by atoms with E-state index in [0.717, 1.165) is 26.6 Å². The zero-order valence-electron chi connectivity index (χ0n) is 8.97. The minimum absolute atomic E-state index is 0.121. The van der Waals surface area contributed by atoms with Crippen molar-refractivity contribution in [1.29, 1.82) is 0 Å². The molecule has 0 saturated heterocycles. The highest BCUT2D eigenvalue weighted by Crippen LogP contribution is 2.27. The molecule has 3 heteroatoms. The lowest BCUT2D eigenvalue weighted by molar-refractivity contribution is 0.101. The van der Waals surface area contributed by atoms with Gasteiger partial charge in [0.1, 0.15) is 0 Å². The number of aromatic nitrogens is 1. The Bertz CT molecular complexity index is 554. The molecule has 78 valence electrons. The van der Waals surface area contributed by atoms with E-state index < -0.39 is 0 Å². The van der Waals surface area contributed by atoms with Crippen LogP contribution in [-0.4, -0.2) is 10.4 Å². The molecule has 2 rings (SSSR count). The predicted molar refractivity (Wildman–Crippen MR) is 65.4 cm³/mol. The summed E-state index contributed by atoms with van der Waals surface area (Å²) in [5.74, 6) is 0.121. The van der Waals surface area contributed by atoms with Gasteiger partial charge in [-0.3, -0.25) is 4.79 Å². The van der Waals surface area contributed by atoms with Crippen LogP contribution in [0.25, 0.3) is 10.9 Å². The van der Waals surface area contributed by atoms with Crippen LogP contribution in [0, 0.1) is 6.92 Å². The van der Waals surface area contributed by atoms with Crippen molar-refractivity contribution in [2.75, 3.05) is 0 Å². The largest absolute Gasteiger partial charge is 0.347 e. The van der Waals surface area contributed by atoms with Crippen LogP contribution in [0.4, 0.5) is 0 Å². The maximum absolute atomic E-state index is 11.6. The van der Waals surface area contributed by atoms with Crippen LogP contribution in [0.15, 0.2) is 22.7 Å². The van der Waals surface area contributed by atoms with Crippen LogP contribution in [0.1, 0.15) is 23.0 Å². The van der Waals surface area contributed by atoms with Crippen LogP contribution in [0.5, 0.6) is 0 Å². The van der Waals surface area contributed by atoms with Gasteiger partial charge < -0.3 is 4.57 Å². The van der Waals surface area contributed by atoms with Crippen molar-refractivity contribution in [3.8, 4) is 0 Å². The van der Waals surface area contributed by atoms with Crippen molar-refractivity contribution in [3.63, 3.8) is 0 Å². The maximum Gasteiger partial charge on any atom is 0.162 e. The second-order valence-electron chi connectivity index (χ2n) is 3.74. The summed E-state index contributed by atoms with van der Waals surface area (Å²) in [5.41, 5.74) is 2.95. The van der Waals surface area contributed by atoms with Gasteiger partial charge in [0.2, 0.25) is 0 Å². The summed E-state index contributed by atoms with van der Waals surface area (Å²) in [5, 5.41) is 1.02. The lowest BCUT2D eigenvalue weighted by atomic mass is 10.1. The Morgan fingerprint density at radius 1 is 1.40 bits per heavy atom. The molecule has 0 saturated carbocycles. The molecule has 2 aromatic rings. The first-order valence-electron chi connectivity index (χ1n) is 4.78. The number of hydrogen-bond acceptors (Lipinski definition) is 1. The van der Waals surface area contributed by atoms with E-state index in [2.05, 4.69) is 20.5 Å². The number of benzene rings is 1. The zero-order chi connectivity index (χ0) is 11.2. The fourth-order valence-electron chi connectivity index (χ4n) is 1.99. The summed E-state index contributed by atoms with van der Waals surface area (Å²) in [4.78, 5) is 11.6. The molecule has 0 bridgehead atoms. The van der Waals surface area contributed by atoms with E-state index in [9.17, 15) is 4.79 Å². The molecule has 1 aromatic heterocycles. The summed E-state index contributed by atoms with van der Waals surface area (Å²) in [6.07, 6.45) is 0. The average molecular weight is 266 g/mol. The number of ketones is 1. The van der Waals surface area contributed by atoms with Gasteiger partial charge in [0.15, 0.2) is 5.78 Å². The molecule has 0 aliphatic heterocycles. The summed E-state index contributed by atoms with van der Waals surface area (Å²) in [6.45, 7) is 3.59. The van der Waals surface area contributed by atoms with Crippen LogP contribution in [0.2, 0.25) is 0 Å². The third kappa shape index (κ3) is 1.51. The summed E-state index contributed by atoms with van der Waals surface area (Å²) in [6, 6.07) is 6.02. The second-order valence-corrected chi connectivity index (χ2v) is 4.65. The van der Waals surface area contributed by atoms with Gasteiger partial charge in [-0.1, -0.05) is 15.9 Å². The van der Waals surface area contributed by atoms with Gasteiger partial charge in [-0.25, -0.2) is 0 Å². The minimum Gasteiger partial charge on any atom is -0.347 e. The molecule has 0 radical (unpaired) electrons. The lowest BCUT2D eigenvalue weighted by Gasteiger charge is -1.97. The summed E-state index contributed by atoms with van der Waals surface area (Å²) >= 11 is 3.43. The Morgan fingerprint density at radius 3 is 2.67 bits per heavy atom. The van der Waals surface area contributed by atoms with Gasteiger partial charge in [-0.05, 0) is 32.0 Å². The second kappa shape index (κ2) is 3.49. The molecule has 0 amide bonds. The summed E-state index contributed by atoms with van der Waals surface area (Å²) in [7, 11) is 1.98. The third-order valence-corrected chi connectivity index (χ3v) is 3.30. The van der Waals surface area contributed by atoms with E-state index >= 15 is 0 Å². The molecule has 0 aliphatic rings. The molecule has 0 aliphatic carbocycles. The number of rotatable bonds is 1. The van der Waals surface area contributed by atoms with Gasteiger partial charge in [-0.2, -0.15) is 0 Å². The number of aryl methyl sites for hydroxylation is 1. The molecule has 15 heavy (non-hydrogen) atoms. The average Bonchev–Trinajstić information content (AvgIpc) is 2.39. The van der Waals surface area contributed by atoms with Crippen molar-refractivity contribution in [2.45, 2.75) is 13.8 Å². The van der Waals surface area contributed by atoms with Crippen LogP contribution in [0.3, 0.4) is 0 Å². The maximum atomic E-state index is 11.6. The van der Waals surface area contributed by atoms with Crippen molar-refractivity contribution < 1.29 is 4.79 Å². The lowest BCUT2D eigenvalue weighted by Crippen LogP contribution is -1.96. The topological polar surface area (TPSA) is 22.0 Å². The first-order chi connectivity index (χ1) is 7.02. The molecule has 1 heterocycles. The normalized spacial score (nSPS) is 10.9. The molecule has 0 atom stereocenters. The van der Waals surface area contributed by atoms with Crippen LogP contribution < -0.4 is 0 Å². The third-order valence-electron chi connectivity index (χ3n) is 2.81. The van der Waals surface area contributed by atoms with Crippen LogP contribution >= 0.6 is 15.9 Å². The Hall–Kier alpha value is -1.09. The van der Waals surface area contributed by atoms with Crippen molar-refractivity contribution >= 4 is 32.6 Å². The molecule has 0 spiro atoms. The summed E-state index contributed by atoms with van der Waals surface area (Å²) < 4.78 is 3.06. The fraction of sp³-hybridized carbons (Fsp3) is 0.250. The molecule has 0 unspecified atom stereocenters.